The van der Waals surface area contributed by atoms with Gasteiger partial charge in [0.15, 0.2) is 0 Å². The monoisotopic (exact) mass is 327 g/mol. The van der Waals surface area contributed by atoms with E-state index in [1.54, 1.807) is 23.5 Å². The number of ether oxygens (including phenoxy) is 1. The van der Waals surface area contributed by atoms with Crippen molar-refractivity contribution >= 4 is 11.9 Å². The summed E-state index contributed by atoms with van der Waals surface area (Å²) in [5.74, 6) is 0.346. The van der Waals surface area contributed by atoms with Gasteiger partial charge in [-0.25, -0.2) is 9.97 Å². The van der Waals surface area contributed by atoms with Crippen LogP contribution in [0.25, 0.3) is 11.3 Å². The molecule has 2 aromatic heterocycles. The van der Waals surface area contributed by atoms with Crippen molar-refractivity contribution in [3.8, 4) is 11.3 Å². The van der Waals surface area contributed by atoms with Crippen LogP contribution in [0.15, 0.2) is 30.7 Å². The van der Waals surface area contributed by atoms with Crippen LogP contribution in [0, 0.1) is 0 Å². The number of hydrogen-bond acceptors (Lipinski definition) is 6. The molecule has 0 saturated carbocycles. The Morgan fingerprint density at radius 1 is 1.42 bits per heavy atom. The van der Waals surface area contributed by atoms with Crippen molar-refractivity contribution in [1.82, 2.24) is 20.3 Å². The van der Waals surface area contributed by atoms with Gasteiger partial charge in [0.25, 0.3) is 5.91 Å². The van der Waals surface area contributed by atoms with Gasteiger partial charge in [0.2, 0.25) is 5.95 Å². The molecule has 1 amide bonds. The number of nitrogens with one attached hydrogen (secondary N) is 1. The van der Waals surface area contributed by atoms with Crippen LogP contribution < -0.4 is 10.2 Å². The second-order valence-corrected chi connectivity index (χ2v) is 5.91. The van der Waals surface area contributed by atoms with Gasteiger partial charge in [-0.2, -0.15) is 0 Å². The minimum atomic E-state index is -0.199. The molecule has 1 fully saturated rings. The largest absolute Gasteiger partial charge is 0.376 e. The van der Waals surface area contributed by atoms with Crippen molar-refractivity contribution < 1.29 is 9.53 Å². The zero-order chi connectivity index (χ0) is 16.9. The van der Waals surface area contributed by atoms with E-state index in [2.05, 4.69) is 20.3 Å². The third-order valence-electron chi connectivity index (χ3n) is 3.87. The van der Waals surface area contributed by atoms with Gasteiger partial charge in [-0.3, -0.25) is 9.78 Å². The first-order valence-corrected chi connectivity index (χ1v) is 7.99. The quantitative estimate of drug-likeness (QED) is 0.897. The summed E-state index contributed by atoms with van der Waals surface area (Å²) in [7, 11) is 3.72. The highest BCUT2D eigenvalue weighted by atomic mass is 16.5. The molecular formula is C17H21N5O2. The summed E-state index contributed by atoms with van der Waals surface area (Å²) < 4.78 is 5.54. The molecule has 0 bridgehead atoms. The summed E-state index contributed by atoms with van der Waals surface area (Å²) in [6.07, 6.45) is 7.06. The molecule has 1 unspecified atom stereocenters. The van der Waals surface area contributed by atoms with E-state index in [4.69, 9.17) is 4.74 Å². The van der Waals surface area contributed by atoms with Gasteiger partial charge in [-0.05, 0) is 25.0 Å². The van der Waals surface area contributed by atoms with Crippen molar-refractivity contribution in [3.63, 3.8) is 0 Å². The van der Waals surface area contributed by atoms with E-state index >= 15 is 0 Å². The maximum atomic E-state index is 12.6. The Hall–Kier alpha value is -2.54. The van der Waals surface area contributed by atoms with Crippen LogP contribution in [0.5, 0.6) is 0 Å². The molecule has 1 aliphatic heterocycles. The van der Waals surface area contributed by atoms with Crippen molar-refractivity contribution in [2.24, 2.45) is 0 Å². The summed E-state index contributed by atoms with van der Waals surface area (Å²) in [5, 5.41) is 2.92. The van der Waals surface area contributed by atoms with Gasteiger partial charge >= 0.3 is 0 Å². The van der Waals surface area contributed by atoms with Crippen molar-refractivity contribution in [1.29, 1.82) is 0 Å². The van der Waals surface area contributed by atoms with Crippen LogP contribution in [-0.4, -0.2) is 54.2 Å². The van der Waals surface area contributed by atoms with Crippen LogP contribution in [0.1, 0.15) is 23.2 Å². The minimum Gasteiger partial charge on any atom is -0.376 e. The van der Waals surface area contributed by atoms with Gasteiger partial charge in [0.05, 0.1) is 17.4 Å². The number of aromatic nitrogens is 3. The third kappa shape index (κ3) is 3.68. The van der Waals surface area contributed by atoms with Gasteiger partial charge < -0.3 is 15.0 Å². The molecule has 1 atom stereocenters. The molecule has 3 heterocycles. The average molecular weight is 327 g/mol. The molecule has 7 heteroatoms. The minimum absolute atomic E-state index is 0.0951. The number of hydrogen-bond donors (Lipinski definition) is 1. The van der Waals surface area contributed by atoms with Gasteiger partial charge in [-0.15, -0.1) is 0 Å². The number of carbonyl (C=O) groups excluding carboxylic acids is 1. The summed E-state index contributed by atoms with van der Waals surface area (Å²) in [5.41, 5.74) is 1.79. The number of carbonyl (C=O) groups is 1. The first kappa shape index (κ1) is 16.3. The average Bonchev–Trinajstić information content (AvgIpc) is 3.13. The lowest BCUT2D eigenvalue weighted by Gasteiger charge is -2.15. The zero-order valence-electron chi connectivity index (χ0n) is 13.9. The third-order valence-corrected chi connectivity index (χ3v) is 3.87. The van der Waals surface area contributed by atoms with Crippen LogP contribution >= 0.6 is 0 Å². The van der Waals surface area contributed by atoms with E-state index < -0.39 is 0 Å². The molecule has 0 radical (unpaired) electrons. The molecule has 24 heavy (non-hydrogen) atoms. The molecule has 0 aliphatic carbocycles. The standard InChI is InChI=1S/C17H21N5O2/c1-22(2)17-20-11-14(15(21-17)12-5-3-7-18-9-12)16(23)19-10-13-6-4-8-24-13/h3,5,7,9,11,13H,4,6,8,10H2,1-2H3,(H,19,23). The van der Waals surface area contributed by atoms with E-state index in [1.165, 1.54) is 0 Å². The van der Waals surface area contributed by atoms with Crippen LogP contribution in [-0.2, 0) is 4.74 Å². The summed E-state index contributed by atoms with van der Waals surface area (Å²) in [6, 6.07) is 3.70. The summed E-state index contributed by atoms with van der Waals surface area (Å²) >= 11 is 0. The van der Waals surface area contributed by atoms with Crippen LogP contribution in [0.3, 0.4) is 0 Å². The van der Waals surface area contributed by atoms with E-state index in [9.17, 15) is 4.79 Å². The van der Waals surface area contributed by atoms with E-state index in [0.29, 0.717) is 23.8 Å². The second-order valence-electron chi connectivity index (χ2n) is 5.91. The molecule has 7 nitrogen and oxygen atoms in total. The van der Waals surface area contributed by atoms with E-state index in [1.807, 2.05) is 26.2 Å². The predicted molar refractivity (Wildman–Crippen MR) is 90.9 cm³/mol. The topological polar surface area (TPSA) is 80.2 Å². The normalized spacial score (nSPS) is 16.8. The number of nitrogens with zero attached hydrogens (tertiary/aromatic N) is 4. The molecule has 1 aliphatic rings. The maximum absolute atomic E-state index is 12.6. The maximum Gasteiger partial charge on any atom is 0.255 e. The smallest absolute Gasteiger partial charge is 0.255 e. The van der Waals surface area contributed by atoms with Crippen LogP contribution in [0.4, 0.5) is 5.95 Å². The van der Waals surface area contributed by atoms with Gasteiger partial charge in [-0.1, -0.05) is 0 Å². The van der Waals surface area contributed by atoms with Crippen LogP contribution in [0.2, 0.25) is 0 Å². The highest BCUT2D eigenvalue weighted by molar-refractivity contribution is 5.99. The highest BCUT2D eigenvalue weighted by Gasteiger charge is 2.20. The second kappa shape index (κ2) is 7.35. The Morgan fingerprint density at radius 3 is 2.96 bits per heavy atom. The number of pyridine rings is 1. The van der Waals surface area contributed by atoms with E-state index in [-0.39, 0.29) is 12.0 Å². The first-order valence-electron chi connectivity index (χ1n) is 7.99. The van der Waals surface area contributed by atoms with Gasteiger partial charge in [0.1, 0.15) is 0 Å². The lowest BCUT2D eigenvalue weighted by atomic mass is 10.1. The fourth-order valence-electron chi connectivity index (χ4n) is 2.58. The fraction of sp³-hybridized carbons (Fsp3) is 0.412. The fourth-order valence-corrected chi connectivity index (χ4v) is 2.58. The molecule has 1 saturated heterocycles. The summed E-state index contributed by atoms with van der Waals surface area (Å²) in [6.45, 7) is 1.27. The van der Waals surface area contributed by atoms with Crippen molar-refractivity contribution in [2.75, 3.05) is 32.1 Å². The molecule has 0 aromatic carbocycles. The Morgan fingerprint density at radius 2 is 2.29 bits per heavy atom. The Labute approximate surface area is 141 Å². The SMILES string of the molecule is CN(C)c1ncc(C(=O)NCC2CCCO2)c(-c2cccnc2)n1. The van der Waals surface area contributed by atoms with Crippen molar-refractivity contribution in [3.05, 3.63) is 36.3 Å². The number of anilines is 1. The van der Waals surface area contributed by atoms with E-state index in [0.717, 1.165) is 25.0 Å². The van der Waals surface area contributed by atoms with Gasteiger partial charge in [0, 0.05) is 51.4 Å². The molecular weight excluding hydrogens is 306 g/mol. The Bertz CT molecular complexity index is 699. The highest BCUT2D eigenvalue weighted by Crippen LogP contribution is 2.22. The molecule has 3 rings (SSSR count). The molecule has 0 spiro atoms. The molecule has 126 valence electrons. The lowest BCUT2D eigenvalue weighted by molar-refractivity contribution is 0.0858. The van der Waals surface area contributed by atoms with Crippen molar-refractivity contribution in [2.45, 2.75) is 18.9 Å². The lowest BCUT2D eigenvalue weighted by Crippen LogP contribution is -2.32. The molecule has 1 N–H and O–H groups in total. The number of rotatable bonds is 5. The molecule has 2 aromatic rings. The summed E-state index contributed by atoms with van der Waals surface area (Å²) in [4.78, 5) is 27.3. The Kier molecular flexibility index (Phi) is 5.00. The zero-order valence-corrected chi connectivity index (χ0v) is 13.9. The first-order chi connectivity index (χ1) is 11.6. The Balaban J connectivity index is 1.86. The predicted octanol–water partition coefficient (Wildman–Crippen LogP) is 1.51. The number of amides is 1.